The van der Waals surface area contributed by atoms with Gasteiger partial charge in [0.15, 0.2) is 0 Å². The Morgan fingerprint density at radius 3 is 2.56 bits per heavy atom. The van der Waals surface area contributed by atoms with E-state index in [0.717, 1.165) is 31.6 Å². The Labute approximate surface area is 114 Å². The molecule has 1 fully saturated rings. The number of hydrogen-bond acceptors (Lipinski definition) is 3. The number of likely N-dealkylation sites (tertiary alicyclic amines) is 1. The van der Waals surface area contributed by atoms with E-state index in [1.807, 2.05) is 4.90 Å². The molecule has 0 unspecified atom stereocenters. The zero-order valence-electron chi connectivity index (χ0n) is 10.5. The quantitative estimate of drug-likeness (QED) is 0.893. The van der Waals surface area contributed by atoms with Crippen molar-refractivity contribution in [1.29, 1.82) is 0 Å². The fourth-order valence-electron chi connectivity index (χ4n) is 2.18. The summed E-state index contributed by atoms with van der Waals surface area (Å²) in [6, 6.07) is 3.57. The summed E-state index contributed by atoms with van der Waals surface area (Å²) in [5, 5.41) is 0. The van der Waals surface area contributed by atoms with Gasteiger partial charge in [0.25, 0.3) is 5.91 Å². The minimum atomic E-state index is 0. The first kappa shape index (κ1) is 14.9. The van der Waals surface area contributed by atoms with E-state index in [9.17, 15) is 4.79 Å². The zero-order chi connectivity index (χ0) is 12.1. The van der Waals surface area contributed by atoms with Crippen LogP contribution >= 0.6 is 12.4 Å². The van der Waals surface area contributed by atoms with Gasteiger partial charge in [-0.3, -0.25) is 9.78 Å². The van der Waals surface area contributed by atoms with E-state index < -0.39 is 0 Å². The molecule has 0 atom stereocenters. The molecule has 0 bridgehead atoms. The summed E-state index contributed by atoms with van der Waals surface area (Å²) in [5.74, 6) is 0.115. The molecule has 1 aromatic rings. The van der Waals surface area contributed by atoms with Crippen molar-refractivity contribution in [2.24, 2.45) is 5.73 Å². The maximum absolute atomic E-state index is 12.3. The smallest absolute Gasteiger partial charge is 0.253 e. The molecule has 0 spiro atoms. The van der Waals surface area contributed by atoms with E-state index in [4.69, 9.17) is 5.73 Å². The first-order chi connectivity index (χ1) is 8.31. The topological polar surface area (TPSA) is 59.2 Å². The Morgan fingerprint density at radius 2 is 1.94 bits per heavy atom. The largest absolute Gasteiger partial charge is 0.339 e. The number of halogens is 1. The summed E-state index contributed by atoms with van der Waals surface area (Å²) < 4.78 is 0. The van der Waals surface area contributed by atoms with Crippen molar-refractivity contribution in [2.75, 3.05) is 13.1 Å². The zero-order valence-corrected chi connectivity index (χ0v) is 11.3. The van der Waals surface area contributed by atoms with Gasteiger partial charge >= 0.3 is 0 Å². The lowest BCUT2D eigenvalue weighted by molar-refractivity contribution is 0.0761. The fourth-order valence-corrected chi connectivity index (χ4v) is 2.18. The van der Waals surface area contributed by atoms with Crippen LogP contribution in [-0.2, 0) is 6.54 Å². The van der Waals surface area contributed by atoms with Crippen molar-refractivity contribution < 1.29 is 4.79 Å². The Balaban J connectivity index is 0.00000162. The number of carbonyl (C=O) groups is 1. The lowest BCUT2D eigenvalue weighted by Gasteiger charge is -2.20. The van der Waals surface area contributed by atoms with Crippen molar-refractivity contribution >= 4 is 18.3 Å². The van der Waals surface area contributed by atoms with Crippen molar-refractivity contribution in [3.8, 4) is 0 Å². The number of rotatable bonds is 2. The molecule has 4 nitrogen and oxygen atoms in total. The van der Waals surface area contributed by atoms with Crippen LogP contribution in [0, 0.1) is 0 Å². The SMILES string of the molecule is Cl.NCc1cc(C(=O)N2CCCCCC2)ccn1. The third-order valence-corrected chi connectivity index (χ3v) is 3.17. The molecule has 18 heavy (non-hydrogen) atoms. The molecule has 1 amide bonds. The summed E-state index contributed by atoms with van der Waals surface area (Å²) in [6.07, 6.45) is 6.34. The summed E-state index contributed by atoms with van der Waals surface area (Å²) in [5.41, 5.74) is 7.01. The molecule has 0 saturated carbocycles. The molecule has 1 aliphatic rings. The molecule has 0 aromatic carbocycles. The summed E-state index contributed by atoms with van der Waals surface area (Å²) >= 11 is 0. The van der Waals surface area contributed by atoms with Crippen LogP contribution in [-0.4, -0.2) is 28.9 Å². The van der Waals surface area contributed by atoms with Gasteiger partial charge in [-0.1, -0.05) is 12.8 Å². The number of pyridine rings is 1. The van der Waals surface area contributed by atoms with Crippen molar-refractivity contribution in [1.82, 2.24) is 9.88 Å². The van der Waals surface area contributed by atoms with Gasteiger partial charge < -0.3 is 10.6 Å². The van der Waals surface area contributed by atoms with E-state index in [-0.39, 0.29) is 18.3 Å². The Morgan fingerprint density at radius 1 is 1.28 bits per heavy atom. The highest BCUT2D eigenvalue weighted by Gasteiger charge is 2.17. The van der Waals surface area contributed by atoms with E-state index >= 15 is 0 Å². The van der Waals surface area contributed by atoms with Gasteiger partial charge in [-0.05, 0) is 25.0 Å². The third kappa shape index (κ3) is 3.68. The van der Waals surface area contributed by atoms with Crippen LogP contribution in [0.3, 0.4) is 0 Å². The Bertz CT molecular complexity index is 390. The van der Waals surface area contributed by atoms with E-state index in [2.05, 4.69) is 4.98 Å². The number of hydrogen-bond donors (Lipinski definition) is 1. The lowest BCUT2D eigenvalue weighted by atomic mass is 10.2. The number of aromatic nitrogens is 1. The average molecular weight is 270 g/mol. The Kier molecular flexibility index (Phi) is 6.09. The predicted octanol–water partition coefficient (Wildman–Crippen LogP) is 1.98. The van der Waals surface area contributed by atoms with Crippen LogP contribution in [0.2, 0.25) is 0 Å². The van der Waals surface area contributed by atoms with Crippen LogP contribution in [0.4, 0.5) is 0 Å². The summed E-state index contributed by atoms with van der Waals surface area (Å²) in [6.45, 7) is 2.12. The maximum Gasteiger partial charge on any atom is 0.253 e. The van der Waals surface area contributed by atoms with Crippen LogP contribution in [0.15, 0.2) is 18.3 Å². The molecule has 2 N–H and O–H groups in total. The molecule has 2 heterocycles. The summed E-state index contributed by atoms with van der Waals surface area (Å²) in [4.78, 5) is 18.3. The van der Waals surface area contributed by atoms with Crippen LogP contribution in [0.5, 0.6) is 0 Å². The Hall–Kier alpha value is -1.13. The van der Waals surface area contributed by atoms with Gasteiger partial charge in [-0.2, -0.15) is 0 Å². The molecule has 0 radical (unpaired) electrons. The van der Waals surface area contributed by atoms with Gasteiger partial charge in [0.05, 0.1) is 5.69 Å². The van der Waals surface area contributed by atoms with Crippen molar-refractivity contribution in [2.45, 2.75) is 32.2 Å². The second-order valence-electron chi connectivity index (χ2n) is 4.45. The molecule has 0 aliphatic carbocycles. The highest BCUT2D eigenvalue weighted by Crippen LogP contribution is 2.13. The normalized spacial score (nSPS) is 15.7. The predicted molar refractivity (Wildman–Crippen MR) is 73.7 cm³/mol. The maximum atomic E-state index is 12.3. The van der Waals surface area contributed by atoms with Gasteiger partial charge in [0, 0.05) is 31.4 Å². The lowest BCUT2D eigenvalue weighted by Crippen LogP contribution is -2.31. The minimum Gasteiger partial charge on any atom is -0.339 e. The minimum absolute atomic E-state index is 0. The first-order valence-electron chi connectivity index (χ1n) is 6.25. The monoisotopic (exact) mass is 269 g/mol. The first-order valence-corrected chi connectivity index (χ1v) is 6.25. The number of amides is 1. The molecular formula is C13H20ClN3O. The van der Waals surface area contributed by atoms with Crippen molar-refractivity contribution in [3.63, 3.8) is 0 Å². The van der Waals surface area contributed by atoms with E-state index in [1.54, 1.807) is 18.3 Å². The summed E-state index contributed by atoms with van der Waals surface area (Å²) in [7, 11) is 0. The van der Waals surface area contributed by atoms with Gasteiger partial charge in [-0.15, -0.1) is 12.4 Å². The van der Waals surface area contributed by atoms with Crippen molar-refractivity contribution in [3.05, 3.63) is 29.6 Å². The molecule has 1 saturated heterocycles. The molecule has 1 aromatic heterocycles. The van der Waals surface area contributed by atoms with Crippen LogP contribution < -0.4 is 5.73 Å². The average Bonchev–Trinajstić information content (AvgIpc) is 2.67. The van der Waals surface area contributed by atoms with E-state index in [0.29, 0.717) is 12.1 Å². The van der Waals surface area contributed by atoms with Crippen LogP contribution in [0.25, 0.3) is 0 Å². The van der Waals surface area contributed by atoms with Gasteiger partial charge in [0.1, 0.15) is 0 Å². The van der Waals surface area contributed by atoms with E-state index in [1.165, 1.54) is 12.8 Å². The number of carbonyl (C=O) groups excluding carboxylic acids is 1. The molecule has 100 valence electrons. The number of nitrogens with zero attached hydrogens (tertiary/aromatic N) is 2. The second-order valence-corrected chi connectivity index (χ2v) is 4.45. The highest BCUT2D eigenvalue weighted by atomic mass is 35.5. The third-order valence-electron chi connectivity index (χ3n) is 3.17. The standard InChI is InChI=1S/C13H19N3O.ClH/c14-10-12-9-11(5-6-15-12)13(17)16-7-3-1-2-4-8-16;/h5-6,9H,1-4,7-8,10,14H2;1H. The molecule has 2 rings (SSSR count). The van der Waals surface area contributed by atoms with Gasteiger partial charge in [0.2, 0.25) is 0 Å². The highest BCUT2D eigenvalue weighted by molar-refractivity contribution is 5.94. The van der Waals surface area contributed by atoms with Gasteiger partial charge in [-0.25, -0.2) is 0 Å². The molecule has 1 aliphatic heterocycles. The number of nitrogens with two attached hydrogens (primary N) is 1. The molecular weight excluding hydrogens is 250 g/mol. The second kappa shape index (κ2) is 7.34. The molecule has 5 heteroatoms. The van der Waals surface area contributed by atoms with Crippen LogP contribution in [0.1, 0.15) is 41.7 Å². The fraction of sp³-hybridized carbons (Fsp3) is 0.538.